The van der Waals surface area contributed by atoms with E-state index in [1.54, 1.807) is 7.11 Å². The summed E-state index contributed by atoms with van der Waals surface area (Å²) in [6, 6.07) is 8.87. The molecule has 0 radical (unpaired) electrons. The fraction of sp³-hybridized carbons (Fsp3) is 0.647. The standard InChI is InChI=1S/C17H30N2O/c1-5-18-12-16-7-6-8-17(11-16)14-19(9-10-20-4)13-15(2)3/h6-8,11,15,18H,5,9-10,12-14H2,1-4H3. The number of nitrogens with one attached hydrogen (secondary N) is 1. The van der Waals surface area contributed by atoms with Gasteiger partial charge in [-0.15, -0.1) is 0 Å². The van der Waals surface area contributed by atoms with Crippen molar-refractivity contribution in [3.63, 3.8) is 0 Å². The molecule has 0 bridgehead atoms. The van der Waals surface area contributed by atoms with E-state index in [-0.39, 0.29) is 0 Å². The van der Waals surface area contributed by atoms with E-state index in [1.165, 1.54) is 11.1 Å². The highest BCUT2D eigenvalue weighted by Crippen LogP contribution is 2.10. The molecule has 1 aromatic rings. The molecule has 0 aliphatic carbocycles. The van der Waals surface area contributed by atoms with Gasteiger partial charge in [-0.1, -0.05) is 45.0 Å². The summed E-state index contributed by atoms with van der Waals surface area (Å²) in [7, 11) is 1.77. The summed E-state index contributed by atoms with van der Waals surface area (Å²) < 4.78 is 5.22. The fourth-order valence-corrected chi connectivity index (χ4v) is 2.34. The highest BCUT2D eigenvalue weighted by molar-refractivity contribution is 5.23. The van der Waals surface area contributed by atoms with Crippen LogP contribution in [-0.2, 0) is 17.8 Å². The van der Waals surface area contributed by atoms with Gasteiger partial charge < -0.3 is 10.1 Å². The SMILES string of the molecule is CCNCc1cccc(CN(CCOC)CC(C)C)c1. The molecule has 0 fully saturated rings. The Kier molecular flexibility index (Phi) is 8.51. The Hall–Kier alpha value is -0.900. The summed E-state index contributed by atoms with van der Waals surface area (Å²) in [6.07, 6.45) is 0. The van der Waals surface area contributed by atoms with Crippen molar-refractivity contribution in [1.82, 2.24) is 10.2 Å². The number of nitrogens with zero attached hydrogens (tertiary/aromatic N) is 1. The molecule has 0 heterocycles. The Morgan fingerprint density at radius 2 is 2.00 bits per heavy atom. The van der Waals surface area contributed by atoms with Crippen LogP contribution in [0, 0.1) is 5.92 Å². The Balaban J connectivity index is 2.61. The number of ether oxygens (including phenoxy) is 1. The van der Waals surface area contributed by atoms with E-state index in [0.717, 1.165) is 39.3 Å². The lowest BCUT2D eigenvalue weighted by Crippen LogP contribution is -2.30. The van der Waals surface area contributed by atoms with E-state index < -0.39 is 0 Å². The molecule has 0 spiro atoms. The lowest BCUT2D eigenvalue weighted by molar-refractivity contribution is 0.136. The third-order valence-electron chi connectivity index (χ3n) is 3.21. The van der Waals surface area contributed by atoms with Gasteiger partial charge in [0.15, 0.2) is 0 Å². The molecular formula is C17H30N2O. The number of rotatable bonds is 10. The van der Waals surface area contributed by atoms with Crippen molar-refractivity contribution in [2.45, 2.75) is 33.9 Å². The van der Waals surface area contributed by atoms with Crippen molar-refractivity contribution in [2.24, 2.45) is 5.92 Å². The Labute approximate surface area is 124 Å². The molecule has 0 atom stereocenters. The fourth-order valence-electron chi connectivity index (χ4n) is 2.34. The van der Waals surface area contributed by atoms with Gasteiger partial charge in [-0.3, -0.25) is 4.90 Å². The minimum absolute atomic E-state index is 0.678. The summed E-state index contributed by atoms with van der Waals surface area (Å²) in [6.45, 7) is 12.5. The van der Waals surface area contributed by atoms with Crippen molar-refractivity contribution >= 4 is 0 Å². The van der Waals surface area contributed by atoms with Crippen LogP contribution in [0.1, 0.15) is 31.9 Å². The van der Waals surface area contributed by atoms with Crippen molar-refractivity contribution in [1.29, 1.82) is 0 Å². The first-order valence-electron chi connectivity index (χ1n) is 7.65. The van der Waals surface area contributed by atoms with Gasteiger partial charge in [-0.25, -0.2) is 0 Å². The lowest BCUT2D eigenvalue weighted by atomic mass is 10.1. The van der Waals surface area contributed by atoms with Crippen LogP contribution in [0.15, 0.2) is 24.3 Å². The molecule has 0 saturated carbocycles. The predicted octanol–water partition coefficient (Wildman–Crippen LogP) is 2.90. The van der Waals surface area contributed by atoms with Crippen LogP contribution < -0.4 is 5.32 Å². The third kappa shape index (κ3) is 7.04. The van der Waals surface area contributed by atoms with Gasteiger partial charge in [-0.2, -0.15) is 0 Å². The Bertz CT molecular complexity index is 366. The second kappa shape index (κ2) is 9.92. The van der Waals surface area contributed by atoms with Crippen LogP contribution >= 0.6 is 0 Å². The van der Waals surface area contributed by atoms with E-state index in [4.69, 9.17) is 4.74 Å². The van der Waals surface area contributed by atoms with Crippen LogP contribution in [0.5, 0.6) is 0 Å². The van der Waals surface area contributed by atoms with Gasteiger partial charge in [0.2, 0.25) is 0 Å². The number of methoxy groups -OCH3 is 1. The average molecular weight is 278 g/mol. The summed E-state index contributed by atoms with van der Waals surface area (Å²) >= 11 is 0. The summed E-state index contributed by atoms with van der Waals surface area (Å²) in [4.78, 5) is 2.47. The molecule has 0 saturated heterocycles. The molecule has 114 valence electrons. The van der Waals surface area contributed by atoms with Crippen LogP contribution in [0.4, 0.5) is 0 Å². The average Bonchev–Trinajstić information content (AvgIpc) is 2.42. The first-order valence-corrected chi connectivity index (χ1v) is 7.65. The monoisotopic (exact) mass is 278 g/mol. The molecule has 0 aromatic heterocycles. The lowest BCUT2D eigenvalue weighted by Gasteiger charge is -2.24. The first kappa shape index (κ1) is 17.2. The third-order valence-corrected chi connectivity index (χ3v) is 3.21. The summed E-state index contributed by atoms with van der Waals surface area (Å²) in [5.74, 6) is 0.678. The molecule has 0 aliphatic heterocycles. The van der Waals surface area contributed by atoms with Gasteiger partial charge in [0.25, 0.3) is 0 Å². The summed E-state index contributed by atoms with van der Waals surface area (Å²) in [5, 5.41) is 3.38. The molecule has 0 aliphatic rings. The van der Waals surface area contributed by atoms with Crippen LogP contribution in [-0.4, -0.2) is 38.3 Å². The number of benzene rings is 1. The minimum atomic E-state index is 0.678. The smallest absolute Gasteiger partial charge is 0.0589 e. The normalized spacial score (nSPS) is 11.5. The maximum atomic E-state index is 5.22. The zero-order valence-corrected chi connectivity index (χ0v) is 13.5. The van der Waals surface area contributed by atoms with E-state index in [9.17, 15) is 0 Å². The van der Waals surface area contributed by atoms with E-state index in [0.29, 0.717) is 5.92 Å². The van der Waals surface area contributed by atoms with E-state index in [2.05, 4.69) is 55.3 Å². The number of hydrogen-bond acceptors (Lipinski definition) is 3. The van der Waals surface area contributed by atoms with Crippen LogP contribution in [0.2, 0.25) is 0 Å². The summed E-state index contributed by atoms with van der Waals surface area (Å²) in [5.41, 5.74) is 2.75. The van der Waals surface area contributed by atoms with Crippen molar-refractivity contribution in [2.75, 3.05) is 33.4 Å². The second-order valence-electron chi connectivity index (χ2n) is 5.72. The topological polar surface area (TPSA) is 24.5 Å². The minimum Gasteiger partial charge on any atom is -0.383 e. The Morgan fingerprint density at radius 1 is 1.25 bits per heavy atom. The largest absolute Gasteiger partial charge is 0.383 e. The van der Waals surface area contributed by atoms with E-state index in [1.807, 2.05) is 0 Å². The van der Waals surface area contributed by atoms with Gasteiger partial charge in [0.1, 0.15) is 0 Å². The second-order valence-corrected chi connectivity index (χ2v) is 5.72. The van der Waals surface area contributed by atoms with Gasteiger partial charge >= 0.3 is 0 Å². The highest BCUT2D eigenvalue weighted by Gasteiger charge is 2.08. The van der Waals surface area contributed by atoms with Crippen LogP contribution in [0.3, 0.4) is 0 Å². The molecule has 0 unspecified atom stereocenters. The zero-order chi connectivity index (χ0) is 14.8. The number of hydrogen-bond donors (Lipinski definition) is 1. The first-order chi connectivity index (χ1) is 9.65. The maximum absolute atomic E-state index is 5.22. The maximum Gasteiger partial charge on any atom is 0.0589 e. The van der Waals surface area contributed by atoms with Gasteiger partial charge in [-0.05, 0) is 23.6 Å². The molecule has 3 nitrogen and oxygen atoms in total. The van der Waals surface area contributed by atoms with E-state index >= 15 is 0 Å². The molecule has 3 heteroatoms. The predicted molar refractivity (Wildman–Crippen MR) is 85.8 cm³/mol. The van der Waals surface area contributed by atoms with Gasteiger partial charge in [0.05, 0.1) is 6.61 Å². The van der Waals surface area contributed by atoms with Gasteiger partial charge in [0, 0.05) is 33.3 Å². The highest BCUT2D eigenvalue weighted by atomic mass is 16.5. The zero-order valence-electron chi connectivity index (χ0n) is 13.5. The van der Waals surface area contributed by atoms with Crippen molar-refractivity contribution < 1.29 is 4.74 Å². The molecule has 20 heavy (non-hydrogen) atoms. The van der Waals surface area contributed by atoms with Crippen molar-refractivity contribution in [3.8, 4) is 0 Å². The van der Waals surface area contributed by atoms with Crippen molar-refractivity contribution in [3.05, 3.63) is 35.4 Å². The molecule has 1 rings (SSSR count). The quantitative estimate of drug-likeness (QED) is 0.712. The molecule has 0 amide bonds. The Morgan fingerprint density at radius 3 is 2.65 bits per heavy atom. The molecule has 1 aromatic carbocycles. The van der Waals surface area contributed by atoms with Crippen LogP contribution in [0.25, 0.3) is 0 Å². The molecule has 1 N–H and O–H groups in total. The molecular weight excluding hydrogens is 248 g/mol.